The number of aryl methyl sites for hydroxylation is 1. The largest absolute Gasteiger partial charge is 0.497 e. The second-order valence-electron chi connectivity index (χ2n) is 7.71. The Morgan fingerprint density at radius 2 is 1.79 bits per heavy atom. The lowest BCUT2D eigenvalue weighted by Crippen LogP contribution is -2.24. The van der Waals surface area contributed by atoms with Gasteiger partial charge in [0.25, 0.3) is 0 Å². The second kappa shape index (κ2) is 9.32. The predicted molar refractivity (Wildman–Crippen MR) is 131 cm³/mol. The molecule has 1 amide bonds. The maximum atomic E-state index is 13.3. The number of carbonyl (C=O) groups excluding carboxylic acids is 1. The van der Waals surface area contributed by atoms with Crippen LogP contribution in [-0.2, 0) is 21.2 Å². The van der Waals surface area contributed by atoms with Crippen LogP contribution in [0.5, 0.6) is 5.75 Å². The van der Waals surface area contributed by atoms with E-state index in [4.69, 9.17) is 16.3 Å². The third-order valence-electron chi connectivity index (χ3n) is 5.28. The average Bonchev–Trinajstić information content (AvgIpc) is 2.81. The molecule has 0 aliphatic carbocycles. The number of hydrogen-bond acceptors (Lipinski definition) is 5. The van der Waals surface area contributed by atoms with Crippen molar-refractivity contribution in [2.45, 2.75) is 23.3 Å². The van der Waals surface area contributed by atoms with Gasteiger partial charge in [0, 0.05) is 28.4 Å². The summed E-state index contributed by atoms with van der Waals surface area (Å²) in [5, 5.41) is 3.36. The molecule has 1 N–H and O–H groups in total. The summed E-state index contributed by atoms with van der Waals surface area (Å²) >= 11 is 5.89. The van der Waals surface area contributed by atoms with E-state index in [1.165, 1.54) is 42.1 Å². The molecule has 0 aliphatic rings. The lowest BCUT2D eigenvalue weighted by atomic mass is 10.1. The maximum absolute atomic E-state index is 13.3. The number of ether oxygens (including phenoxy) is 1. The molecule has 0 aliphatic heterocycles. The Labute approximate surface area is 201 Å². The van der Waals surface area contributed by atoms with Crippen LogP contribution in [-0.4, -0.2) is 26.0 Å². The Morgan fingerprint density at radius 1 is 1.06 bits per heavy atom. The highest BCUT2D eigenvalue weighted by Crippen LogP contribution is 2.24. The molecule has 0 unspecified atom stereocenters. The van der Waals surface area contributed by atoms with E-state index >= 15 is 0 Å². The number of benzene rings is 3. The van der Waals surface area contributed by atoms with Crippen LogP contribution in [0.3, 0.4) is 0 Å². The smallest absolute Gasteiger partial charge is 0.244 e. The minimum Gasteiger partial charge on any atom is -0.497 e. The fourth-order valence-electron chi connectivity index (χ4n) is 3.60. The van der Waals surface area contributed by atoms with E-state index in [1.807, 2.05) is 0 Å². The monoisotopic (exact) mass is 496 g/mol. The van der Waals surface area contributed by atoms with Crippen LogP contribution in [0.4, 0.5) is 5.69 Å². The van der Waals surface area contributed by atoms with Gasteiger partial charge in [-0.15, -0.1) is 0 Å². The van der Waals surface area contributed by atoms with E-state index in [1.54, 1.807) is 49.4 Å². The van der Waals surface area contributed by atoms with Gasteiger partial charge in [-0.2, -0.15) is 0 Å². The van der Waals surface area contributed by atoms with Gasteiger partial charge in [-0.05, 0) is 55.5 Å². The highest BCUT2D eigenvalue weighted by atomic mass is 35.5. The summed E-state index contributed by atoms with van der Waals surface area (Å²) in [5.74, 6) is 0.187. The molecule has 1 aromatic heterocycles. The number of carbonyl (C=O) groups is 1. The van der Waals surface area contributed by atoms with Crippen molar-refractivity contribution >= 4 is 43.9 Å². The lowest BCUT2D eigenvalue weighted by molar-refractivity contribution is -0.116. The van der Waals surface area contributed by atoms with Crippen molar-refractivity contribution in [3.8, 4) is 5.75 Å². The topological polar surface area (TPSA) is 94.5 Å². The zero-order valence-corrected chi connectivity index (χ0v) is 20.0. The summed E-state index contributed by atoms with van der Waals surface area (Å²) in [4.78, 5) is 25.6. The molecule has 7 nitrogen and oxygen atoms in total. The first-order chi connectivity index (χ1) is 16.2. The Hall–Kier alpha value is -3.62. The molecule has 0 fully saturated rings. The van der Waals surface area contributed by atoms with E-state index in [2.05, 4.69) is 5.32 Å². The van der Waals surface area contributed by atoms with Crippen LogP contribution >= 0.6 is 11.6 Å². The molecular weight excluding hydrogens is 476 g/mol. The SMILES string of the molecule is COc1cccc(NC(=O)Cn2cc(S(=O)(=O)c3ccc(Cl)cc3)c(=O)c3cc(C)ccc32)c1. The molecule has 0 bridgehead atoms. The highest BCUT2D eigenvalue weighted by molar-refractivity contribution is 7.91. The molecule has 34 heavy (non-hydrogen) atoms. The molecule has 0 radical (unpaired) electrons. The van der Waals surface area contributed by atoms with Crippen molar-refractivity contribution in [1.29, 1.82) is 0 Å². The van der Waals surface area contributed by atoms with Gasteiger partial charge in [-0.3, -0.25) is 9.59 Å². The van der Waals surface area contributed by atoms with E-state index < -0.39 is 26.1 Å². The molecule has 4 aromatic rings. The van der Waals surface area contributed by atoms with E-state index in [0.717, 1.165) is 5.56 Å². The minimum atomic E-state index is -4.16. The minimum absolute atomic E-state index is 0.0617. The Balaban J connectivity index is 1.80. The summed E-state index contributed by atoms with van der Waals surface area (Å²) < 4.78 is 33.3. The van der Waals surface area contributed by atoms with Crippen molar-refractivity contribution in [2.24, 2.45) is 0 Å². The molecule has 174 valence electrons. The molecule has 9 heteroatoms. The van der Waals surface area contributed by atoms with Crippen LogP contribution in [0.15, 0.2) is 87.5 Å². The number of fused-ring (bicyclic) bond motifs is 1. The van der Waals surface area contributed by atoms with E-state index in [-0.39, 0.29) is 16.8 Å². The average molecular weight is 497 g/mol. The number of amides is 1. The van der Waals surface area contributed by atoms with Gasteiger partial charge in [-0.1, -0.05) is 29.3 Å². The maximum Gasteiger partial charge on any atom is 0.244 e. The zero-order valence-electron chi connectivity index (χ0n) is 18.4. The van der Waals surface area contributed by atoms with Gasteiger partial charge in [-0.25, -0.2) is 8.42 Å². The van der Waals surface area contributed by atoms with Crippen LogP contribution in [0.1, 0.15) is 5.56 Å². The number of pyridine rings is 1. The Kier molecular flexibility index (Phi) is 6.45. The van der Waals surface area contributed by atoms with Crippen LogP contribution in [0, 0.1) is 6.92 Å². The van der Waals surface area contributed by atoms with Crippen molar-refractivity contribution < 1.29 is 17.9 Å². The first kappa shape index (κ1) is 23.5. The van der Waals surface area contributed by atoms with E-state index in [9.17, 15) is 18.0 Å². The van der Waals surface area contributed by atoms with Crippen molar-refractivity contribution in [3.63, 3.8) is 0 Å². The summed E-state index contributed by atoms with van der Waals surface area (Å²) in [6, 6.07) is 17.6. The summed E-state index contributed by atoms with van der Waals surface area (Å²) in [6.45, 7) is 1.60. The Morgan fingerprint density at radius 3 is 2.50 bits per heavy atom. The first-order valence-electron chi connectivity index (χ1n) is 10.3. The molecule has 3 aromatic carbocycles. The summed E-state index contributed by atoms with van der Waals surface area (Å²) in [6.07, 6.45) is 1.22. The number of anilines is 1. The van der Waals surface area contributed by atoms with Crippen LogP contribution < -0.4 is 15.5 Å². The number of aromatic nitrogens is 1. The molecule has 0 saturated heterocycles. The highest BCUT2D eigenvalue weighted by Gasteiger charge is 2.24. The fraction of sp³-hybridized carbons (Fsp3) is 0.120. The third kappa shape index (κ3) is 4.69. The number of methoxy groups -OCH3 is 1. The molecular formula is C25H21ClN2O5S. The van der Waals surface area contributed by atoms with Gasteiger partial charge in [0.2, 0.25) is 21.2 Å². The summed E-state index contributed by atoms with van der Waals surface area (Å²) in [7, 11) is -2.63. The molecule has 0 spiro atoms. The van der Waals surface area contributed by atoms with Gasteiger partial charge in [0.1, 0.15) is 17.2 Å². The molecule has 1 heterocycles. The number of nitrogens with one attached hydrogen (secondary N) is 1. The van der Waals surface area contributed by atoms with Gasteiger partial charge < -0.3 is 14.6 Å². The lowest BCUT2D eigenvalue weighted by Gasteiger charge is -2.15. The van der Waals surface area contributed by atoms with Crippen LogP contribution in [0.2, 0.25) is 5.02 Å². The number of sulfone groups is 1. The Bertz CT molecular complexity index is 1560. The molecule has 4 rings (SSSR count). The van der Waals surface area contributed by atoms with Gasteiger partial charge >= 0.3 is 0 Å². The first-order valence-corrected chi connectivity index (χ1v) is 12.1. The van der Waals surface area contributed by atoms with Crippen molar-refractivity contribution in [2.75, 3.05) is 12.4 Å². The van der Waals surface area contributed by atoms with Gasteiger partial charge in [0.05, 0.1) is 17.5 Å². The fourth-order valence-corrected chi connectivity index (χ4v) is 5.10. The zero-order chi connectivity index (χ0) is 24.5. The summed E-state index contributed by atoms with van der Waals surface area (Å²) in [5.41, 5.74) is 1.14. The van der Waals surface area contributed by atoms with Crippen LogP contribution in [0.25, 0.3) is 10.9 Å². The third-order valence-corrected chi connectivity index (χ3v) is 7.30. The predicted octanol–water partition coefficient (Wildman–Crippen LogP) is 4.44. The number of rotatable bonds is 6. The van der Waals surface area contributed by atoms with Crippen molar-refractivity contribution in [3.05, 3.63) is 93.7 Å². The number of hydrogen-bond donors (Lipinski definition) is 1. The van der Waals surface area contributed by atoms with E-state index in [0.29, 0.717) is 22.0 Å². The van der Waals surface area contributed by atoms with Crippen molar-refractivity contribution in [1.82, 2.24) is 4.57 Å². The quantitative estimate of drug-likeness (QED) is 0.426. The second-order valence-corrected chi connectivity index (χ2v) is 10.1. The molecule has 0 saturated carbocycles. The normalized spacial score (nSPS) is 11.4. The number of nitrogens with zero attached hydrogens (tertiary/aromatic N) is 1. The number of halogens is 1. The standard InChI is InChI=1S/C25H21ClN2O5S/c1-16-6-11-22-21(12-16)25(30)23(34(31,32)20-9-7-17(26)8-10-20)14-28(22)15-24(29)27-18-4-3-5-19(13-18)33-2/h3-14H,15H2,1-2H3,(H,27,29). The molecule has 0 atom stereocenters. The van der Waals surface area contributed by atoms with Gasteiger partial charge in [0.15, 0.2) is 0 Å².